The number of hydrogen-bond donors (Lipinski definition) is 2. The maximum Gasteiger partial charge on any atom is 0.311 e. The lowest BCUT2D eigenvalue weighted by atomic mass is 9.84. The van der Waals surface area contributed by atoms with Gasteiger partial charge < -0.3 is 11.1 Å². The second-order valence-electron chi connectivity index (χ2n) is 5.46. The van der Waals surface area contributed by atoms with Crippen molar-refractivity contribution in [3.8, 4) is 0 Å². The number of nitrogens with zero attached hydrogens (tertiary/aromatic N) is 2. The predicted molar refractivity (Wildman–Crippen MR) is 83.3 cm³/mol. The van der Waals surface area contributed by atoms with Crippen LogP contribution in [0, 0.1) is 10.1 Å². The van der Waals surface area contributed by atoms with Gasteiger partial charge in [-0.05, 0) is 11.6 Å². The summed E-state index contributed by atoms with van der Waals surface area (Å²) in [5.74, 6) is 0.449. The van der Waals surface area contributed by atoms with Gasteiger partial charge in [-0.3, -0.25) is 10.1 Å². The van der Waals surface area contributed by atoms with Crippen molar-refractivity contribution in [1.82, 2.24) is 4.98 Å². The van der Waals surface area contributed by atoms with Gasteiger partial charge in [-0.2, -0.15) is 0 Å². The number of nitrogens with two attached hydrogens (primary N) is 1. The molecule has 0 unspecified atom stereocenters. The highest BCUT2D eigenvalue weighted by atomic mass is 16.6. The molecule has 110 valence electrons. The Hall–Kier alpha value is -2.63. The molecule has 0 amide bonds. The van der Waals surface area contributed by atoms with Gasteiger partial charge in [0.1, 0.15) is 5.82 Å². The highest BCUT2D eigenvalue weighted by Crippen LogP contribution is 2.25. The van der Waals surface area contributed by atoms with E-state index in [2.05, 4.69) is 36.3 Å². The number of benzene rings is 1. The van der Waals surface area contributed by atoms with E-state index < -0.39 is 4.92 Å². The third-order valence-corrected chi connectivity index (χ3v) is 3.37. The van der Waals surface area contributed by atoms with Gasteiger partial charge in [0, 0.05) is 18.0 Å². The van der Waals surface area contributed by atoms with Gasteiger partial charge in [0.05, 0.1) is 4.92 Å². The summed E-state index contributed by atoms with van der Waals surface area (Å²) in [6.45, 7) is 4.87. The van der Waals surface area contributed by atoms with E-state index in [9.17, 15) is 10.1 Å². The molecule has 0 bridgehead atoms. The molecule has 0 aliphatic carbocycles. The fourth-order valence-corrected chi connectivity index (χ4v) is 2.02. The van der Waals surface area contributed by atoms with Crippen molar-refractivity contribution in [2.75, 3.05) is 17.6 Å². The second-order valence-corrected chi connectivity index (χ2v) is 5.46. The molecule has 1 heterocycles. The maximum absolute atomic E-state index is 10.7. The molecule has 0 fully saturated rings. The molecule has 21 heavy (non-hydrogen) atoms. The van der Waals surface area contributed by atoms with Crippen molar-refractivity contribution < 1.29 is 4.92 Å². The van der Waals surface area contributed by atoms with Crippen LogP contribution in [-0.2, 0) is 5.41 Å². The van der Waals surface area contributed by atoms with Crippen molar-refractivity contribution in [2.24, 2.45) is 0 Å². The van der Waals surface area contributed by atoms with E-state index in [-0.39, 0.29) is 16.9 Å². The molecule has 0 radical (unpaired) electrons. The van der Waals surface area contributed by atoms with Crippen LogP contribution >= 0.6 is 0 Å². The number of hydrogen-bond acceptors (Lipinski definition) is 5. The summed E-state index contributed by atoms with van der Waals surface area (Å²) in [6, 6.07) is 13.0. The SMILES string of the molecule is CC(C)(CNc1ccc([N+](=O)[O-])c(N)n1)c1ccccc1. The van der Waals surface area contributed by atoms with Gasteiger partial charge in [0.2, 0.25) is 5.82 Å². The van der Waals surface area contributed by atoms with Crippen LogP contribution < -0.4 is 11.1 Å². The summed E-state index contributed by atoms with van der Waals surface area (Å²) in [7, 11) is 0. The first-order chi connectivity index (χ1) is 9.90. The maximum atomic E-state index is 10.7. The number of nitro groups is 1. The van der Waals surface area contributed by atoms with Gasteiger partial charge in [0.25, 0.3) is 0 Å². The van der Waals surface area contributed by atoms with Crippen LogP contribution in [0.1, 0.15) is 19.4 Å². The third-order valence-electron chi connectivity index (χ3n) is 3.37. The van der Waals surface area contributed by atoms with Crippen molar-refractivity contribution in [3.63, 3.8) is 0 Å². The highest BCUT2D eigenvalue weighted by Gasteiger charge is 2.20. The lowest BCUT2D eigenvalue weighted by Gasteiger charge is -2.26. The molecule has 0 saturated heterocycles. The minimum atomic E-state index is -0.542. The number of nitrogen functional groups attached to an aromatic ring is 1. The van der Waals surface area contributed by atoms with E-state index in [0.717, 1.165) is 0 Å². The van der Waals surface area contributed by atoms with Crippen molar-refractivity contribution in [3.05, 3.63) is 58.1 Å². The molecule has 0 atom stereocenters. The van der Waals surface area contributed by atoms with Crippen molar-refractivity contribution >= 4 is 17.3 Å². The first-order valence-corrected chi connectivity index (χ1v) is 6.60. The number of anilines is 2. The minimum Gasteiger partial charge on any atom is -0.378 e. The van der Waals surface area contributed by atoms with Gasteiger partial charge in [0.15, 0.2) is 0 Å². The summed E-state index contributed by atoms with van der Waals surface area (Å²) < 4.78 is 0. The van der Waals surface area contributed by atoms with E-state index in [1.165, 1.54) is 11.6 Å². The summed E-state index contributed by atoms with van der Waals surface area (Å²) in [4.78, 5) is 14.2. The van der Waals surface area contributed by atoms with Crippen LogP contribution in [0.25, 0.3) is 0 Å². The molecule has 0 spiro atoms. The average Bonchev–Trinajstić information content (AvgIpc) is 2.46. The summed E-state index contributed by atoms with van der Waals surface area (Å²) in [5.41, 5.74) is 6.51. The first-order valence-electron chi connectivity index (χ1n) is 6.60. The number of pyridine rings is 1. The Balaban J connectivity index is 2.09. The highest BCUT2D eigenvalue weighted by molar-refractivity contribution is 5.57. The van der Waals surface area contributed by atoms with E-state index in [1.807, 2.05) is 18.2 Å². The van der Waals surface area contributed by atoms with Gasteiger partial charge in [-0.15, -0.1) is 0 Å². The Kier molecular flexibility index (Phi) is 4.07. The van der Waals surface area contributed by atoms with Gasteiger partial charge in [-0.25, -0.2) is 4.98 Å². The molecular formula is C15H18N4O2. The molecule has 6 heteroatoms. The Morgan fingerprint density at radius 3 is 2.48 bits per heavy atom. The third kappa shape index (κ3) is 3.47. The molecule has 1 aromatic heterocycles. The first kappa shape index (κ1) is 14.8. The minimum absolute atomic E-state index is 0.0810. The smallest absolute Gasteiger partial charge is 0.311 e. The summed E-state index contributed by atoms with van der Waals surface area (Å²) in [6.07, 6.45) is 0. The average molecular weight is 286 g/mol. The summed E-state index contributed by atoms with van der Waals surface area (Å²) in [5, 5.41) is 13.9. The van der Waals surface area contributed by atoms with Crippen LogP contribution in [0.3, 0.4) is 0 Å². The number of aromatic nitrogens is 1. The fraction of sp³-hybridized carbons (Fsp3) is 0.267. The zero-order chi connectivity index (χ0) is 15.5. The molecule has 0 aliphatic heterocycles. The van der Waals surface area contributed by atoms with Crippen molar-refractivity contribution in [2.45, 2.75) is 19.3 Å². The van der Waals surface area contributed by atoms with Crippen LogP contribution in [0.15, 0.2) is 42.5 Å². The molecule has 0 saturated carbocycles. The Bertz CT molecular complexity index is 641. The normalized spacial score (nSPS) is 11.1. The van der Waals surface area contributed by atoms with E-state index in [4.69, 9.17) is 5.73 Å². The molecule has 6 nitrogen and oxygen atoms in total. The van der Waals surface area contributed by atoms with E-state index in [0.29, 0.717) is 12.4 Å². The second kappa shape index (κ2) is 5.78. The topological polar surface area (TPSA) is 94.1 Å². The lowest BCUT2D eigenvalue weighted by Crippen LogP contribution is -2.27. The monoisotopic (exact) mass is 286 g/mol. The van der Waals surface area contributed by atoms with E-state index >= 15 is 0 Å². The van der Waals surface area contributed by atoms with E-state index in [1.54, 1.807) is 6.07 Å². The number of nitrogens with one attached hydrogen (secondary N) is 1. The molecule has 1 aromatic carbocycles. The quantitative estimate of drug-likeness (QED) is 0.651. The Labute approximate surface area is 123 Å². The predicted octanol–water partition coefficient (Wildman–Crippen LogP) is 2.96. The molecule has 3 N–H and O–H groups in total. The van der Waals surface area contributed by atoms with Crippen LogP contribution in [0.4, 0.5) is 17.3 Å². The van der Waals surface area contributed by atoms with Gasteiger partial charge >= 0.3 is 5.69 Å². The van der Waals surface area contributed by atoms with Crippen LogP contribution in [0.2, 0.25) is 0 Å². The molecular weight excluding hydrogens is 268 g/mol. The fourth-order valence-electron chi connectivity index (χ4n) is 2.02. The van der Waals surface area contributed by atoms with Crippen molar-refractivity contribution in [1.29, 1.82) is 0 Å². The molecule has 2 rings (SSSR count). The van der Waals surface area contributed by atoms with Gasteiger partial charge in [-0.1, -0.05) is 44.2 Å². The zero-order valence-corrected chi connectivity index (χ0v) is 12.0. The van der Waals surface area contributed by atoms with Crippen LogP contribution in [0.5, 0.6) is 0 Å². The van der Waals surface area contributed by atoms with Crippen LogP contribution in [-0.4, -0.2) is 16.5 Å². The summed E-state index contributed by atoms with van der Waals surface area (Å²) >= 11 is 0. The Morgan fingerprint density at radius 2 is 1.90 bits per heavy atom. The molecule has 2 aromatic rings. The lowest BCUT2D eigenvalue weighted by molar-refractivity contribution is -0.384. The number of rotatable bonds is 5. The standard InChI is InChI=1S/C15H18N4O2/c1-15(2,11-6-4-3-5-7-11)10-17-13-9-8-12(19(20)21)14(16)18-13/h3-9H,10H2,1-2H3,(H3,16,17,18). The Morgan fingerprint density at radius 1 is 1.24 bits per heavy atom. The molecule has 0 aliphatic rings. The largest absolute Gasteiger partial charge is 0.378 e. The zero-order valence-electron chi connectivity index (χ0n) is 12.0.